The van der Waals surface area contributed by atoms with E-state index in [2.05, 4.69) is 4.98 Å². The Morgan fingerprint density at radius 2 is 2.00 bits per heavy atom. The maximum Gasteiger partial charge on any atom is 0.270 e. The summed E-state index contributed by atoms with van der Waals surface area (Å²) in [7, 11) is -3.65. The number of hydrogen-bond donors (Lipinski definition) is 0. The minimum Gasteiger partial charge on any atom is -0.379 e. The van der Waals surface area contributed by atoms with E-state index >= 15 is 0 Å². The highest BCUT2D eigenvalue weighted by Gasteiger charge is 2.27. The lowest BCUT2D eigenvalue weighted by Crippen LogP contribution is -2.40. The Balaban J connectivity index is 1.74. The molecule has 168 valence electrons. The van der Waals surface area contributed by atoms with Gasteiger partial charge in [-0.3, -0.25) is 10.1 Å². The van der Waals surface area contributed by atoms with E-state index in [1.54, 1.807) is 36.4 Å². The van der Waals surface area contributed by atoms with E-state index in [-0.39, 0.29) is 10.6 Å². The van der Waals surface area contributed by atoms with Crippen molar-refractivity contribution in [3.8, 4) is 0 Å². The lowest BCUT2D eigenvalue weighted by Gasteiger charge is -2.26. The van der Waals surface area contributed by atoms with Crippen LogP contribution in [0.15, 0.2) is 47.4 Å². The molecule has 2 aromatic carbocycles. The maximum atomic E-state index is 13.0. The van der Waals surface area contributed by atoms with Crippen molar-refractivity contribution in [3.63, 3.8) is 0 Å². The predicted octanol–water partition coefficient (Wildman–Crippen LogP) is 3.72. The lowest BCUT2D eigenvalue weighted by molar-refractivity contribution is -0.384. The van der Waals surface area contributed by atoms with Crippen LogP contribution in [0.25, 0.3) is 22.1 Å². The molecule has 1 fully saturated rings. The largest absolute Gasteiger partial charge is 0.379 e. The van der Waals surface area contributed by atoms with Crippen molar-refractivity contribution >= 4 is 49.5 Å². The Morgan fingerprint density at radius 1 is 1.25 bits per heavy atom. The highest BCUT2D eigenvalue weighted by atomic mass is 35.5. The van der Waals surface area contributed by atoms with Crippen molar-refractivity contribution in [2.75, 3.05) is 26.3 Å². The van der Waals surface area contributed by atoms with Gasteiger partial charge in [-0.2, -0.15) is 4.31 Å². The molecule has 32 heavy (non-hydrogen) atoms. The summed E-state index contributed by atoms with van der Waals surface area (Å²) in [5, 5.41) is 11.3. The molecule has 0 radical (unpaired) electrons. The number of non-ortho nitro benzene ring substituents is 1. The Morgan fingerprint density at radius 3 is 2.69 bits per heavy atom. The van der Waals surface area contributed by atoms with Gasteiger partial charge in [-0.25, -0.2) is 13.4 Å². The smallest absolute Gasteiger partial charge is 0.270 e. The average Bonchev–Trinajstić information content (AvgIpc) is 3.18. The van der Waals surface area contributed by atoms with E-state index in [0.29, 0.717) is 54.8 Å². The third kappa shape index (κ3) is 4.26. The second-order valence-electron chi connectivity index (χ2n) is 7.19. The molecule has 0 atom stereocenters. The fraction of sp³-hybridized carbons (Fsp3) is 0.286. The number of morpholine rings is 1. The number of rotatable bonds is 6. The molecule has 0 spiro atoms. The Bertz CT molecular complexity index is 1310. The summed E-state index contributed by atoms with van der Waals surface area (Å²) in [4.78, 5) is 15.3. The summed E-state index contributed by atoms with van der Waals surface area (Å²) in [5.74, 6) is 0.455. The molecule has 3 aromatic rings. The molecule has 0 bridgehead atoms. The van der Waals surface area contributed by atoms with Crippen molar-refractivity contribution < 1.29 is 18.1 Å². The Labute approximate surface area is 190 Å². The molecule has 0 unspecified atom stereocenters. The van der Waals surface area contributed by atoms with Crippen LogP contribution >= 0.6 is 11.6 Å². The van der Waals surface area contributed by atoms with Gasteiger partial charge in [0.15, 0.2) is 5.82 Å². The van der Waals surface area contributed by atoms with Crippen molar-refractivity contribution in [2.45, 2.75) is 18.4 Å². The molecule has 1 aromatic heterocycles. The standard InChI is InChI=1S/C21H21ClN4O5S/c1-2-25-20-7-6-17(32(29,30)24-8-10-31-11-9-24)14-19(20)23-21(25)18(22)13-15-4-3-5-16(12-15)26(27)28/h3-7,12-14H,2,8-11H2,1H3/b18-13-. The molecule has 4 rings (SSSR count). The summed E-state index contributed by atoms with van der Waals surface area (Å²) >= 11 is 6.55. The third-order valence-corrected chi connectivity index (χ3v) is 7.40. The molecule has 11 heteroatoms. The Hall–Kier alpha value is -2.79. The number of sulfonamides is 1. The predicted molar refractivity (Wildman–Crippen MR) is 122 cm³/mol. The molecule has 1 aliphatic heterocycles. The number of halogens is 1. The van der Waals surface area contributed by atoms with Gasteiger partial charge in [-0.15, -0.1) is 0 Å². The zero-order valence-corrected chi connectivity index (χ0v) is 18.8. The van der Waals surface area contributed by atoms with Crippen LogP contribution in [-0.2, 0) is 21.3 Å². The molecule has 9 nitrogen and oxygen atoms in total. The van der Waals surface area contributed by atoms with Crippen molar-refractivity contribution in [3.05, 3.63) is 64.0 Å². The number of hydrogen-bond acceptors (Lipinski definition) is 6. The van der Waals surface area contributed by atoms with Crippen LogP contribution in [0, 0.1) is 10.1 Å². The third-order valence-electron chi connectivity index (χ3n) is 5.23. The maximum absolute atomic E-state index is 13.0. The van der Waals surface area contributed by atoms with Crippen LogP contribution in [0.2, 0.25) is 0 Å². The second-order valence-corrected chi connectivity index (χ2v) is 9.54. The highest BCUT2D eigenvalue weighted by molar-refractivity contribution is 7.89. The molecule has 0 saturated carbocycles. The van der Waals surface area contributed by atoms with Crippen molar-refractivity contribution in [1.82, 2.24) is 13.9 Å². The van der Waals surface area contributed by atoms with Gasteiger partial charge >= 0.3 is 0 Å². The number of aryl methyl sites for hydroxylation is 1. The Kier molecular flexibility index (Phi) is 6.29. The summed E-state index contributed by atoms with van der Waals surface area (Å²) in [6.07, 6.45) is 1.60. The average molecular weight is 477 g/mol. The molecule has 1 aliphatic rings. The number of imidazole rings is 1. The first kappa shape index (κ1) is 22.4. The normalized spacial score (nSPS) is 15.9. The van der Waals surface area contributed by atoms with Crippen molar-refractivity contribution in [1.29, 1.82) is 0 Å². The molecular formula is C21H21ClN4O5S. The van der Waals surface area contributed by atoms with Crippen LogP contribution in [0.3, 0.4) is 0 Å². The topological polar surface area (TPSA) is 108 Å². The number of nitro benzene ring substituents is 1. The lowest BCUT2D eigenvalue weighted by atomic mass is 10.2. The monoisotopic (exact) mass is 476 g/mol. The highest BCUT2D eigenvalue weighted by Crippen LogP contribution is 2.29. The minimum absolute atomic E-state index is 0.0369. The van der Waals surface area contributed by atoms with Crippen LogP contribution in [0.4, 0.5) is 5.69 Å². The first-order valence-electron chi connectivity index (χ1n) is 10.0. The minimum atomic E-state index is -3.65. The number of benzene rings is 2. The van der Waals surface area contributed by atoms with Crippen LogP contribution in [-0.4, -0.2) is 53.5 Å². The molecule has 1 saturated heterocycles. The van der Waals surface area contributed by atoms with Gasteiger partial charge in [0.05, 0.1) is 39.1 Å². The number of nitrogens with zero attached hydrogens (tertiary/aromatic N) is 4. The van der Waals surface area contributed by atoms with E-state index in [4.69, 9.17) is 16.3 Å². The van der Waals surface area contributed by atoms with E-state index in [9.17, 15) is 18.5 Å². The van der Waals surface area contributed by atoms with Crippen LogP contribution in [0.5, 0.6) is 0 Å². The first-order valence-corrected chi connectivity index (χ1v) is 11.8. The zero-order chi connectivity index (χ0) is 22.9. The summed E-state index contributed by atoms with van der Waals surface area (Å²) in [6, 6.07) is 11.0. The van der Waals surface area contributed by atoms with Gasteiger partial charge in [0.1, 0.15) is 0 Å². The van der Waals surface area contributed by atoms with Gasteiger partial charge in [-0.1, -0.05) is 23.7 Å². The van der Waals surface area contributed by atoms with Crippen molar-refractivity contribution in [2.24, 2.45) is 0 Å². The fourth-order valence-electron chi connectivity index (χ4n) is 3.65. The molecule has 0 aliphatic carbocycles. The van der Waals surface area contributed by atoms with E-state index in [0.717, 1.165) is 5.52 Å². The van der Waals surface area contributed by atoms with Crippen LogP contribution < -0.4 is 0 Å². The van der Waals surface area contributed by atoms with E-state index in [1.165, 1.54) is 16.4 Å². The fourth-order valence-corrected chi connectivity index (χ4v) is 5.35. The summed E-state index contributed by atoms with van der Waals surface area (Å²) in [5.41, 5.74) is 1.77. The SMILES string of the molecule is CCn1c(/C(Cl)=C/c2cccc([N+](=O)[O-])c2)nc2cc(S(=O)(=O)N3CCOCC3)ccc21. The van der Waals surface area contributed by atoms with Crippen LogP contribution in [0.1, 0.15) is 18.3 Å². The number of fused-ring (bicyclic) bond motifs is 1. The first-order chi connectivity index (χ1) is 15.3. The van der Waals surface area contributed by atoms with Gasteiger partial charge in [-0.05, 0) is 36.8 Å². The summed E-state index contributed by atoms with van der Waals surface area (Å²) in [6.45, 7) is 3.85. The molecular weight excluding hydrogens is 456 g/mol. The van der Waals surface area contributed by atoms with Gasteiger partial charge in [0, 0.05) is 31.8 Å². The van der Waals surface area contributed by atoms with E-state index in [1.807, 2.05) is 11.5 Å². The number of aromatic nitrogens is 2. The quantitative estimate of drug-likeness (QED) is 0.396. The molecule has 0 amide bonds. The van der Waals surface area contributed by atoms with E-state index < -0.39 is 14.9 Å². The van der Waals surface area contributed by atoms with Gasteiger partial charge < -0.3 is 9.30 Å². The summed E-state index contributed by atoms with van der Waals surface area (Å²) < 4.78 is 34.5. The number of ether oxygens (including phenoxy) is 1. The van der Waals surface area contributed by atoms with Gasteiger partial charge in [0.2, 0.25) is 10.0 Å². The zero-order valence-electron chi connectivity index (χ0n) is 17.3. The molecule has 2 heterocycles. The molecule has 0 N–H and O–H groups in total. The van der Waals surface area contributed by atoms with Gasteiger partial charge in [0.25, 0.3) is 5.69 Å². The second kappa shape index (κ2) is 8.99. The number of nitro groups is 1.